The van der Waals surface area contributed by atoms with Gasteiger partial charge in [0.05, 0.1) is 18.7 Å². The number of amides is 1. The van der Waals surface area contributed by atoms with Crippen molar-refractivity contribution >= 4 is 17.2 Å². The molecule has 1 aromatic rings. The van der Waals surface area contributed by atoms with E-state index >= 15 is 0 Å². The average Bonchev–Trinajstić information content (AvgIpc) is 3.15. The second kappa shape index (κ2) is 6.46. The molecule has 0 bridgehead atoms. The second-order valence-corrected chi connectivity index (χ2v) is 6.89. The SMILES string of the molecule is CCC(C)C1NC(c2ccsc2)N(C2CCCOC2)C1=O. The molecule has 0 radical (unpaired) electrons. The number of hydrogen-bond donors (Lipinski definition) is 1. The van der Waals surface area contributed by atoms with Crippen molar-refractivity contribution in [3.8, 4) is 0 Å². The van der Waals surface area contributed by atoms with Crippen LogP contribution in [0.2, 0.25) is 0 Å². The minimum Gasteiger partial charge on any atom is -0.379 e. The van der Waals surface area contributed by atoms with Crippen LogP contribution in [0.3, 0.4) is 0 Å². The van der Waals surface area contributed by atoms with Crippen LogP contribution in [0.25, 0.3) is 0 Å². The molecular weight excluding hydrogens is 284 g/mol. The minimum absolute atomic E-state index is 0.00875. The van der Waals surface area contributed by atoms with E-state index in [1.165, 1.54) is 5.56 Å². The van der Waals surface area contributed by atoms with Gasteiger partial charge in [-0.15, -0.1) is 0 Å². The number of nitrogens with one attached hydrogen (secondary N) is 1. The standard InChI is InChI=1S/C16H24N2O2S/c1-3-11(2)14-16(19)18(13-5-4-7-20-9-13)15(17-14)12-6-8-21-10-12/h6,8,10-11,13-15,17H,3-5,7,9H2,1-2H3. The van der Waals surface area contributed by atoms with Crippen molar-refractivity contribution in [2.24, 2.45) is 5.92 Å². The number of carbonyl (C=O) groups is 1. The Hall–Kier alpha value is -0.910. The Bertz CT molecular complexity index is 471. The highest BCUT2D eigenvalue weighted by Gasteiger charge is 2.45. The maximum atomic E-state index is 12.9. The van der Waals surface area contributed by atoms with Crippen molar-refractivity contribution in [3.05, 3.63) is 22.4 Å². The van der Waals surface area contributed by atoms with Gasteiger partial charge in [0, 0.05) is 6.61 Å². The molecule has 0 spiro atoms. The van der Waals surface area contributed by atoms with E-state index in [0.717, 1.165) is 25.9 Å². The fraction of sp³-hybridized carbons (Fsp3) is 0.688. The number of ether oxygens (including phenoxy) is 1. The van der Waals surface area contributed by atoms with Crippen LogP contribution in [0.15, 0.2) is 16.8 Å². The zero-order chi connectivity index (χ0) is 14.8. The van der Waals surface area contributed by atoms with Crippen LogP contribution in [0, 0.1) is 5.92 Å². The number of carbonyl (C=O) groups excluding carboxylic acids is 1. The molecule has 3 rings (SSSR count). The van der Waals surface area contributed by atoms with Crippen molar-refractivity contribution in [2.75, 3.05) is 13.2 Å². The molecule has 1 N–H and O–H groups in total. The maximum Gasteiger partial charge on any atom is 0.241 e. The van der Waals surface area contributed by atoms with Gasteiger partial charge in [0.25, 0.3) is 0 Å². The Labute approximate surface area is 130 Å². The van der Waals surface area contributed by atoms with Gasteiger partial charge < -0.3 is 9.64 Å². The van der Waals surface area contributed by atoms with Crippen LogP contribution < -0.4 is 5.32 Å². The summed E-state index contributed by atoms with van der Waals surface area (Å²) in [4.78, 5) is 15.0. The predicted molar refractivity (Wildman–Crippen MR) is 84.1 cm³/mol. The first-order valence-electron chi connectivity index (χ1n) is 7.90. The summed E-state index contributed by atoms with van der Waals surface area (Å²) in [5.41, 5.74) is 1.20. The highest BCUT2D eigenvalue weighted by molar-refractivity contribution is 7.07. The Morgan fingerprint density at radius 1 is 1.57 bits per heavy atom. The molecule has 4 unspecified atom stereocenters. The molecule has 116 valence electrons. The molecule has 0 saturated carbocycles. The molecular formula is C16H24N2O2S. The first-order valence-corrected chi connectivity index (χ1v) is 8.84. The van der Waals surface area contributed by atoms with Crippen LogP contribution >= 0.6 is 11.3 Å². The van der Waals surface area contributed by atoms with E-state index in [0.29, 0.717) is 12.5 Å². The third kappa shape index (κ3) is 2.87. The summed E-state index contributed by atoms with van der Waals surface area (Å²) in [6, 6.07) is 2.25. The third-order valence-corrected chi connectivity index (χ3v) is 5.44. The highest BCUT2D eigenvalue weighted by atomic mass is 32.1. The van der Waals surface area contributed by atoms with Gasteiger partial charge in [-0.1, -0.05) is 20.3 Å². The summed E-state index contributed by atoms with van der Waals surface area (Å²) in [6.45, 7) is 5.79. The van der Waals surface area contributed by atoms with Crippen molar-refractivity contribution in [2.45, 2.75) is 51.4 Å². The van der Waals surface area contributed by atoms with Crippen LogP contribution in [0.4, 0.5) is 0 Å². The number of hydrogen-bond acceptors (Lipinski definition) is 4. The Morgan fingerprint density at radius 3 is 3.05 bits per heavy atom. The van der Waals surface area contributed by atoms with Crippen LogP contribution in [0.1, 0.15) is 44.8 Å². The van der Waals surface area contributed by atoms with Gasteiger partial charge in [-0.05, 0) is 41.1 Å². The van der Waals surface area contributed by atoms with Gasteiger partial charge in [-0.25, -0.2) is 0 Å². The molecule has 3 heterocycles. The zero-order valence-corrected chi connectivity index (χ0v) is 13.6. The molecule has 0 aliphatic carbocycles. The molecule has 4 atom stereocenters. The van der Waals surface area contributed by atoms with Crippen molar-refractivity contribution in [3.63, 3.8) is 0 Å². The quantitative estimate of drug-likeness (QED) is 0.930. The van der Waals surface area contributed by atoms with E-state index in [1.54, 1.807) is 11.3 Å². The lowest BCUT2D eigenvalue weighted by Gasteiger charge is -2.34. The molecule has 2 fully saturated rings. The lowest BCUT2D eigenvalue weighted by molar-refractivity contribution is -0.136. The van der Waals surface area contributed by atoms with Crippen molar-refractivity contribution in [1.82, 2.24) is 10.2 Å². The lowest BCUT2D eigenvalue weighted by atomic mass is 9.99. The maximum absolute atomic E-state index is 12.9. The van der Waals surface area contributed by atoms with E-state index in [2.05, 4.69) is 40.9 Å². The largest absolute Gasteiger partial charge is 0.379 e. The Morgan fingerprint density at radius 2 is 2.43 bits per heavy atom. The molecule has 2 aliphatic heterocycles. The van der Waals surface area contributed by atoms with E-state index in [9.17, 15) is 4.79 Å². The van der Waals surface area contributed by atoms with Gasteiger partial charge in [0.1, 0.15) is 6.17 Å². The molecule has 2 aliphatic rings. The van der Waals surface area contributed by atoms with Crippen LogP contribution in [0.5, 0.6) is 0 Å². The fourth-order valence-electron chi connectivity index (χ4n) is 3.27. The van der Waals surface area contributed by atoms with Gasteiger partial charge in [-0.2, -0.15) is 11.3 Å². The van der Waals surface area contributed by atoms with Crippen LogP contribution in [-0.2, 0) is 9.53 Å². The van der Waals surface area contributed by atoms with Crippen molar-refractivity contribution < 1.29 is 9.53 Å². The molecule has 4 nitrogen and oxygen atoms in total. The van der Waals surface area contributed by atoms with Crippen molar-refractivity contribution in [1.29, 1.82) is 0 Å². The van der Waals surface area contributed by atoms with Gasteiger partial charge >= 0.3 is 0 Å². The molecule has 2 saturated heterocycles. The topological polar surface area (TPSA) is 41.6 Å². The summed E-state index contributed by atoms with van der Waals surface area (Å²) in [5.74, 6) is 0.601. The summed E-state index contributed by atoms with van der Waals surface area (Å²) in [7, 11) is 0. The summed E-state index contributed by atoms with van der Waals surface area (Å²) in [5, 5.41) is 7.79. The monoisotopic (exact) mass is 308 g/mol. The summed E-state index contributed by atoms with van der Waals surface area (Å²) in [6.07, 6.45) is 3.10. The Kier molecular flexibility index (Phi) is 4.62. The first-order chi connectivity index (χ1) is 10.2. The summed E-state index contributed by atoms with van der Waals surface area (Å²) >= 11 is 1.68. The van der Waals surface area contributed by atoms with E-state index < -0.39 is 0 Å². The zero-order valence-electron chi connectivity index (χ0n) is 12.7. The van der Waals surface area contributed by atoms with E-state index in [-0.39, 0.29) is 24.2 Å². The highest BCUT2D eigenvalue weighted by Crippen LogP contribution is 2.33. The molecule has 0 aromatic carbocycles. The van der Waals surface area contributed by atoms with Gasteiger partial charge in [-0.3, -0.25) is 10.1 Å². The summed E-state index contributed by atoms with van der Waals surface area (Å²) < 4.78 is 5.61. The third-order valence-electron chi connectivity index (χ3n) is 4.74. The number of nitrogens with zero attached hydrogens (tertiary/aromatic N) is 1. The van der Waals surface area contributed by atoms with E-state index in [4.69, 9.17) is 4.74 Å². The minimum atomic E-state index is -0.0678. The molecule has 1 aromatic heterocycles. The van der Waals surface area contributed by atoms with Crippen LogP contribution in [-0.4, -0.2) is 36.1 Å². The molecule has 1 amide bonds. The smallest absolute Gasteiger partial charge is 0.241 e. The number of rotatable bonds is 4. The van der Waals surface area contributed by atoms with Gasteiger partial charge in [0.15, 0.2) is 0 Å². The first kappa shape index (κ1) is 15.0. The average molecular weight is 308 g/mol. The predicted octanol–water partition coefficient (Wildman–Crippen LogP) is 2.77. The second-order valence-electron chi connectivity index (χ2n) is 6.11. The lowest BCUT2D eigenvalue weighted by Crippen LogP contribution is -2.45. The Balaban J connectivity index is 1.86. The van der Waals surface area contributed by atoms with E-state index in [1.807, 2.05) is 0 Å². The van der Waals surface area contributed by atoms with Gasteiger partial charge in [0.2, 0.25) is 5.91 Å². The molecule has 21 heavy (non-hydrogen) atoms. The fourth-order valence-corrected chi connectivity index (χ4v) is 3.95. The number of thiophene rings is 1. The normalized spacial score (nSPS) is 31.6. The molecule has 5 heteroatoms.